The number of nitrogens with one attached hydrogen (secondary N) is 1. The normalized spacial score (nSPS) is 10.3. The molecule has 0 saturated carbocycles. The monoisotopic (exact) mass is 266 g/mol. The smallest absolute Gasteiger partial charge is 0.342 e. The van der Waals surface area contributed by atoms with Crippen LogP contribution < -0.4 is 16.8 Å². The van der Waals surface area contributed by atoms with Gasteiger partial charge in [-0.25, -0.2) is 9.78 Å². The molecule has 0 radical (unpaired) electrons. The second-order valence-corrected chi connectivity index (χ2v) is 4.25. The number of rotatable bonds is 6. The molecular weight excluding hydrogens is 244 g/mol. The van der Waals surface area contributed by atoms with Gasteiger partial charge in [0.25, 0.3) is 0 Å². The molecule has 0 aliphatic carbocycles. The van der Waals surface area contributed by atoms with E-state index in [1.807, 2.05) is 0 Å². The third-order valence-corrected chi connectivity index (χ3v) is 2.76. The van der Waals surface area contributed by atoms with Crippen molar-refractivity contribution in [2.75, 3.05) is 29.9 Å². The summed E-state index contributed by atoms with van der Waals surface area (Å²) in [7, 11) is 0. The van der Waals surface area contributed by atoms with Crippen molar-refractivity contribution in [3.8, 4) is 0 Å². The number of aromatic nitrogens is 1. The van der Waals surface area contributed by atoms with Crippen LogP contribution in [0, 0.1) is 6.92 Å². The highest BCUT2D eigenvalue weighted by molar-refractivity contribution is 6.01. The zero-order valence-corrected chi connectivity index (χ0v) is 11.7. The molecule has 0 aliphatic heterocycles. The van der Waals surface area contributed by atoms with Gasteiger partial charge in [-0.05, 0) is 20.3 Å². The fraction of sp³-hybridized carbons (Fsp3) is 0.538. The molecule has 0 amide bonds. The van der Waals surface area contributed by atoms with Gasteiger partial charge in [-0.15, -0.1) is 0 Å². The van der Waals surface area contributed by atoms with Crippen LogP contribution in [0.3, 0.4) is 0 Å². The Morgan fingerprint density at radius 1 is 1.37 bits per heavy atom. The van der Waals surface area contributed by atoms with Gasteiger partial charge in [0.1, 0.15) is 11.4 Å². The zero-order chi connectivity index (χ0) is 14.4. The summed E-state index contributed by atoms with van der Waals surface area (Å²) in [6, 6.07) is 0. The molecule has 1 aromatic heterocycles. The molecule has 19 heavy (non-hydrogen) atoms. The van der Waals surface area contributed by atoms with Crippen molar-refractivity contribution in [3.05, 3.63) is 11.3 Å². The van der Waals surface area contributed by atoms with E-state index < -0.39 is 5.97 Å². The van der Waals surface area contributed by atoms with Crippen LogP contribution in [-0.4, -0.2) is 24.1 Å². The third kappa shape index (κ3) is 3.49. The van der Waals surface area contributed by atoms with Crippen LogP contribution >= 0.6 is 0 Å². The molecule has 0 fully saturated rings. The highest BCUT2D eigenvalue weighted by atomic mass is 16.5. The third-order valence-electron chi connectivity index (χ3n) is 2.76. The highest BCUT2D eigenvalue weighted by Crippen LogP contribution is 2.30. The molecule has 0 unspecified atom stereocenters. The molecule has 1 rings (SSSR count). The van der Waals surface area contributed by atoms with Crippen LogP contribution in [0.25, 0.3) is 0 Å². The molecule has 0 bridgehead atoms. The Labute approximate surface area is 113 Å². The maximum Gasteiger partial charge on any atom is 0.342 e. The van der Waals surface area contributed by atoms with Crippen molar-refractivity contribution in [1.82, 2.24) is 4.98 Å². The summed E-state index contributed by atoms with van der Waals surface area (Å²) in [5.74, 6) is -0.206. The number of esters is 1. The predicted molar refractivity (Wildman–Crippen MR) is 77.2 cm³/mol. The first-order valence-corrected chi connectivity index (χ1v) is 6.49. The summed E-state index contributed by atoms with van der Waals surface area (Å²) in [5, 5.41) is 3.16. The van der Waals surface area contributed by atoms with Gasteiger partial charge >= 0.3 is 5.97 Å². The standard InChI is InChI=1S/C13H22N4O2/c1-4-6-7-16-11-9(13(18)19-5-2)8(3)17-12(15)10(11)14/h4-7,14H2,1-3H3,(H3,15,16,17). The summed E-state index contributed by atoms with van der Waals surface area (Å²) in [6.45, 7) is 6.58. The van der Waals surface area contributed by atoms with E-state index in [-0.39, 0.29) is 5.82 Å². The number of ether oxygens (including phenoxy) is 1. The number of aryl methyl sites for hydroxylation is 1. The quantitative estimate of drug-likeness (QED) is 0.537. The average molecular weight is 266 g/mol. The lowest BCUT2D eigenvalue weighted by Crippen LogP contribution is -2.17. The molecule has 1 heterocycles. The maximum atomic E-state index is 12.0. The molecule has 0 spiro atoms. The fourth-order valence-electron chi connectivity index (χ4n) is 1.77. The van der Waals surface area contributed by atoms with Crippen molar-refractivity contribution in [3.63, 3.8) is 0 Å². The van der Waals surface area contributed by atoms with Crippen LogP contribution in [-0.2, 0) is 4.74 Å². The van der Waals surface area contributed by atoms with Crippen LogP contribution in [0.15, 0.2) is 0 Å². The molecule has 6 heteroatoms. The molecule has 106 valence electrons. The number of hydrogen-bond acceptors (Lipinski definition) is 6. The molecule has 1 aromatic rings. The van der Waals surface area contributed by atoms with E-state index in [4.69, 9.17) is 16.2 Å². The average Bonchev–Trinajstić information content (AvgIpc) is 2.35. The Bertz CT molecular complexity index is 460. The van der Waals surface area contributed by atoms with Crippen molar-refractivity contribution in [1.29, 1.82) is 0 Å². The molecule has 0 atom stereocenters. The van der Waals surface area contributed by atoms with Crippen LogP contribution in [0.5, 0.6) is 0 Å². The van der Waals surface area contributed by atoms with Crippen molar-refractivity contribution in [2.45, 2.75) is 33.6 Å². The minimum atomic E-state index is -0.432. The number of carbonyl (C=O) groups is 1. The van der Waals surface area contributed by atoms with Gasteiger partial charge in [0.05, 0.1) is 23.7 Å². The molecule has 0 aromatic carbocycles. The van der Waals surface area contributed by atoms with Gasteiger partial charge in [-0.3, -0.25) is 0 Å². The Morgan fingerprint density at radius 3 is 2.63 bits per heavy atom. The van der Waals surface area contributed by atoms with E-state index in [0.29, 0.717) is 29.2 Å². The lowest BCUT2D eigenvalue weighted by molar-refractivity contribution is 0.0526. The summed E-state index contributed by atoms with van der Waals surface area (Å²) >= 11 is 0. The lowest BCUT2D eigenvalue weighted by atomic mass is 10.1. The highest BCUT2D eigenvalue weighted by Gasteiger charge is 2.21. The first-order chi connectivity index (χ1) is 9.02. The Morgan fingerprint density at radius 2 is 2.05 bits per heavy atom. The lowest BCUT2D eigenvalue weighted by Gasteiger charge is -2.16. The van der Waals surface area contributed by atoms with Gasteiger partial charge in [0.2, 0.25) is 0 Å². The van der Waals surface area contributed by atoms with E-state index in [9.17, 15) is 4.79 Å². The number of carbonyl (C=O) groups excluding carboxylic acids is 1. The number of nitrogens with two attached hydrogens (primary N) is 2. The number of pyridine rings is 1. The number of hydrogen-bond donors (Lipinski definition) is 3. The molecular formula is C13H22N4O2. The minimum Gasteiger partial charge on any atom is -0.462 e. The first-order valence-electron chi connectivity index (χ1n) is 6.49. The summed E-state index contributed by atoms with van der Waals surface area (Å²) in [5.41, 5.74) is 13.4. The van der Waals surface area contributed by atoms with E-state index in [1.165, 1.54) is 0 Å². The van der Waals surface area contributed by atoms with Crippen molar-refractivity contribution in [2.24, 2.45) is 0 Å². The Kier molecular flexibility index (Phi) is 5.41. The Hall–Kier alpha value is -1.98. The molecule has 0 aliphatic rings. The number of nitrogens with zero attached hydrogens (tertiary/aromatic N) is 1. The second-order valence-electron chi connectivity index (χ2n) is 4.25. The maximum absolute atomic E-state index is 12.0. The summed E-state index contributed by atoms with van der Waals surface area (Å²) < 4.78 is 5.04. The first kappa shape index (κ1) is 15.1. The van der Waals surface area contributed by atoms with Gasteiger partial charge in [-0.2, -0.15) is 0 Å². The largest absolute Gasteiger partial charge is 0.462 e. The predicted octanol–water partition coefficient (Wildman–Crippen LogP) is 1.94. The molecule has 6 nitrogen and oxygen atoms in total. The van der Waals surface area contributed by atoms with Gasteiger partial charge in [-0.1, -0.05) is 13.3 Å². The van der Waals surface area contributed by atoms with Gasteiger partial charge in [0.15, 0.2) is 0 Å². The van der Waals surface area contributed by atoms with Crippen molar-refractivity contribution < 1.29 is 9.53 Å². The van der Waals surface area contributed by atoms with E-state index >= 15 is 0 Å². The summed E-state index contributed by atoms with van der Waals surface area (Å²) in [6.07, 6.45) is 2.02. The minimum absolute atomic E-state index is 0.226. The van der Waals surface area contributed by atoms with E-state index in [2.05, 4.69) is 17.2 Å². The number of anilines is 3. The van der Waals surface area contributed by atoms with E-state index in [1.54, 1.807) is 13.8 Å². The number of unbranched alkanes of at least 4 members (excludes halogenated alkanes) is 1. The second kappa shape index (κ2) is 6.82. The van der Waals surface area contributed by atoms with Gasteiger partial charge < -0.3 is 21.5 Å². The van der Waals surface area contributed by atoms with Crippen LogP contribution in [0.4, 0.5) is 17.2 Å². The Balaban J connectivity index is 3.18. The van der Waals surface area contributed by atoms with Crippen molar-refractivity contribution >= 4 is 23.2 Å². The van der Waals surface area contributed by atoms with E-state index in [0.717, 1.165) is 19.4 Å². The van der Waals surface area contributed by atoms with Crippen LogP contribution in [0.1, 0.15) is 42.7 Å². The SMILES string of the molecule is CCCCNc1c(N)c(N)nc(C)c1C(=O)OCC. The molecule has 0 saturated heterocycles. The molecule has 5 N–H and O–H groups in total. The fourth-order valence-corrected chi connectivity index (χ4v) is 1.77. The number of nitrogen functional groups attached to an aromatic ring is 2. The summed E-state index contributed by atoms with van der Waals surface area (Å²) in [4.78, 5) is 16.1. The zero-order valence-electron chi connectivity index (χ0n) is 11.7. The topological polar surface area (TPSA) is 103 Å². The van der Waals surface area contributed by atoms with Crippen LogP contribution in [0.2, 0.25) is 0 Å². The van der Waals surface area contributed by atoms with Gasteiger partial charge in [0, 0.05) is 6.54 Å².